The molecule has 0 radical (unpaired) electrons. The molecular weight excluding hydrogens is 321 g/mol. The Morgan fingerprint density at radius 2 is 1.95 bits per heavy atom. The molecule has 2 rings (SSSR count). The fourth-order valence-corrected chi connectivity index (χ4v) is 2.26. The van der Waals surface area contributed by atoms with Crippen LogP contribution in [0.2, 0.25) is 0 Å². The molecule has 0 atom stereocenters. The van der Waals surface area contributed by atoms with Gasteiger partial charge in [0.25, 0.3) is 0 Å². The average Bonchev–Trinajstić information content (AvgIpc) is 3.13. The maximum absolute atomic E-state index is 12.7. The summed E-state index contributed by atoms with van der Waals surface area (Å²) in [5.41, 5.74) is 0.0184. The number of nitrogens with one attached hydrogen (secondary N) is 2. The highest BCUT2D eigenvalue weighted by Crippen LogP contribution is 2.35. The average molecular weight is 337 g/mol. The molecule has 0 aliphatic heterocycles. The zero-order valence-electron chi connectivity index (χ0n) is 10.4. The van der Waals surface area contributed by atoms with Crippen molar-refractivity contribution in [3.8, 4) is 0 Å². The first-order valence-electron chi connectivity index (χ1n) is 6.26. The molecule has 1 aliphatic rings. The summed E-state index contributed by atoms with van der Waals surface area (Å²) in [5, 5.41) is 6.48. The third kappa shape index (κ3) is 4.78. The minimum absolute atomic E-state index is 0.0825. The Morgan fingerprint density at radius 3 is 2.58 bits per heavy atom. The molecule has 0 saturated heterocycles. The van der Waals surface area contributed by atoms with Gasteiger partial charge >= 0.3 is 6.18 Å². The third-order valence-corrected chi connectivity index (χ3v) is 3.67. The topological polar surface area (TPSA) is 24.1 Å². The van der Waals surface area contributed by atoms with Gasteiger partial charge in [-0.3, -0.25) is 0 Å². The number of halogens is 4. The third-order valence-electron chi connectivity index (χ3n) is 2.98. The van der Waals surface area contributed by atoms with Crippen LogP contribution >= 0.6 is 15.9 Å². The van der Waals surface area contributed by atoms with E-state index in [1.165, 1.54) is 25.0 Å². The van der Waals surface area contributed by atoms with Crippen molar-refractivity contribution in [1.82, 2.24) is 10.6 Å². The van der Waals surface area contributed by atoms with Gasteiger partial charge in [0.15, 0.2) is 0 Å². The summed E-state index contributed by atoms with van der Waals surface area (Å²) >= 11 is 2.93. The van der Waals surface area contributed by atoms with Gasteiger partial charge in [-0.15, -0.1) is 0 Å². The first kappa shape index (κ1) is 14.8. The summed E-state index contributed by atoms with van der Waals surface area (Å²) in [4.78, 5) is 0. The molecule has 1 aromatic rings. The smallest absolute Gasteiger partial charge is 0.313 e. The summed E-state index contributed by atoms with van der Waals surface area (Å²) in [5.74, 6) is 0. The molecule has 1 fully saturated rings. The van der Waals surface area contributed by atoms with E-state index in [0.29, 0.717) is 18.2 Å². The van der Waals surface area contributed by atoms with Gasteiger partial charge in [-0.2, -0.15) is 13.2 Å². The second-order valence-electron chi connectivity index (χ2n) is 4.72. The fraction of sp³-hybridized carbons (Fsp3) is 0.538. The monoisotopic (exact) mass is 336 g/mol. The Labute approximate surface area is 118 Å². The van der Waals surface area contributed by atoms with Crippen molar-refractivity contribution in [1.29, 1.82) is 0 Å². The zero-order valence-corrected chi connectivity index (χ0v) is 11.9. The van der Waals surface area contributed by atoms with Crippen molar-refractivity contribution >= 4 is 15.9 Å². The van der Waals surface area contributed by atoms with Crippen LogP contribution < -0.4 is 10.6 Å². The zero-order chi connectivity index (χ0) is 13.9. The Hall–Kier alpha value is -0.590. The maximum Gasteiger partial charge on any atom is 0.417 e. The van der Waals surface area contributed by atoms with Crippen LogP contribution in [0.4, 0.5) is 13.2 Å². The lowest BCUT2D eigenvalue weighted by Crippen LogP contribution is -2.28. The second kappa shape index (κ2) is 6.24. The lowest BCUT2D eigenvalue weighted by molar-refractivity contribution is -0.138. The highest BCUT2D eigenvalue weighted by molar-refractivity contribution is 9.10. The van der Waals surface area contributed by atoms with Crippen LogP contribution in [0.1, 0.15) is 24.0 Å². The Bertz CT molecular complexity index is 430. The van der Waals surface area contributed by atoms with Gasteiger partial charge in [0, 0.05) is 30.1 Å². The molecule has 106 valence electrons. The quantitative estimate of drug-likeness (QED) is 0.779. The standard InChI is InChI=1S/C13H16BrF3N2/c14-12-4-1-9(7-11(12)13(15,16)17)8-18-5-6-19-10-2-3-10/h1,4,7,10,18-19H,2-3,5-6,8H2. The molecule has 1 saturated carbocycles. The van der Waals surface area contributed by atoms with E-state index in [0.717, 1.165) is 13.1 Å². The van der Waals surface area contributed by atoms with Crippen molar-refractivity contribution in [3.05, 3.63) is 33.8 Å². The van der Waals surface area contributed by atoms with Crippen LogP contribution in [0.5, 0.6) is 0 Å². The Balaban J connectivity index is 1.82. The first-order chi connectivity index (χ1) is 8.97. The highest BCUT2D eigenvalue weighted by atomic mass is 79.9. The van der Waals surface area contributed by atoms with E-state index in [9.17, 15) is 13.2 Å². The SMILES string of the molecule is FC(F)(F)c1cc(CNCCNC2CC2)ccc1Br. The van der Waals surface area contributed by atoms with E-state index in [1.807, 2.05) is 0 Å². The molecule has 0 unspecified atom stereocenters. The maximum atomic E-state index is 12.7. The molecule has 0 aromatic heterocycles. The van der Waals surface area contributed by atoms with E-state index >= 15 is 0 Å². The van der Waals surface area contributed by atoms with Gasteiger partial charge in [0.2, 0.25) is 0 Å². The van der Waals surface area contributed by atoms with Crippen molar-refractivity contribution in [2.24, 2.45) is 0 Å². The van der Waals surface area contributed by atoms with E-state index in [1.54, 1.807) is 6.07 Å². The van der Waals surface area contributed by atoms with E-state index in [-0.39, 0.29) is 4.47 Å². The number of benzene rings is 1. The minimum atomic E-state index is -4.32. The van der Waals surface area contributed by atoms with Crippen molar-refractivity contribution in [2.75, 3.05) is 13.1 Å². The molecule has 19 heavy (non-hydrogen) atoms. The van der Waals surface area contributed by atoms with Gasteiger partial charge in [0.05, 0.1) is 5.56 Å². The van der Waals surface area contributed by atoms with Crippen LogP contribution in [0.25, 0.3) is 0 Å². The second-order valence-corrected chi connectivity index (χ2v) is 5.57. The molecule has 6 heteroatoms. The summed E-state index contributed by atoms with van der Waals surface area (Å²) in [6.07, 6.45) is -1.84. The predicted molar refractivity (Wildman–Crippen MR) is 71.9 cm³/mol. The Morgan fingerprint density at radius 1 is 1.21 bits per heavy atom. The number of hydrogen-bond donors (Lipinski definition) is 2. The van der Waals surface area contributed by atoms with Crippen molar-refractivity contribution < 1.29 is 13.2 Å². The normalized spacial score (nSPS) is 15.8. The molecule has 2 N–H and O–H groups in total. The molecule has 1 aliphatic carbocycles. The van der Waals surface area contributed by atoms with Crippen molar-refractivity contribution in [2.45, 2.75) is 31.6 Å². The number of alkyl halides is 3. The van der Waals surface area contributed by atoms with Gasteiger partial charge in [-0.05, 0) is 30.5 Å². The molecule has 0 amide bonds. The van der Waals surface area contributed by atoms with Gasteiger partial charge < -0.3 is 10.6 Å². The minimum Gasteiger partial charge on any atom is -0.313 e. The molecule has 2 nitrogen and oxygen atoms in total. The van der Waals surface area contributed by atoms with Crippen LogP contribution in [0, 0.1) is 0 Å². The summed E-state index contributed by atoms with van der Waals surface area (Å²) in [7, 11) is 0. The lowest BCUT2D eigenvalue weighted by atomic mass is 10.1. The first-order valence-corrected chi connectivity index (χ1v) is 7.06. The van der Waals surface area contributed by atoms with Gasteiger partial charge in [0.1, 0.15) is 0 Å². The Kier molecular flexibility index (Phi) is 4.86. The fourth-order valence-electron chi connectivity index (χ4n) is 1.78. The number of rotatable bonds is 6. The molecule has 0 bridgehead atoms. The van der Waals surface area contributed by atoms with Crippen LogP contribution in [0.15, 0.2) is 22.7 Å². The summed E-state index contributed by atoms with van der Waals surface area (Å²) in [6.45, 7) is 2.06. The van der Waals surface area contributed by atoms with Crippen LogP contribution in [0.3, 0.4) is 0 Å². The summed E-state index contributed by atoms with van der Waals surface area (Å²) in [6, 6.07) is 4.99. The van der Waals surface area contributed by atoms with Crippen LogP contribution in [-0.2, 0) is 12.7 Å². The number of hydrogen-bond acceptors (Lipinski definition) is 2. The van der Waals surface area contributed by atoms with Crippen molar-refractivity contribution in [3.63, 3.8) is 0 Å². The molecule has 0 heterocycles. The molecule has 1 aromatic carbocycles. The van der Waals surface area contributed by atoms with Gasteiger partial charge in [-0.1, -0.05) is 22.0 Å². The summed E-state index contributed by atoms with van der Waals surface area (Å²) < 4.78 is 38.2. The van der Waals surface area contributed by atoms with E-state index in [4.69, 9.17) is 0 Å². The van der Waals surface area contributed by atoms with Gasteiger partial charge in [-0.25, -0.2) is 0 Å². The predicted octanol–water partition coefficient (Wildman–Crippen LogP) is 3.31. The highest BCUT2D eigenvalue weighted by Gasteiger charge is 2.32. The molecular formula is C13H16BrF3N2. The largest absolute Gasteiger partial charge is 0.417 e. The van der Waals surface area contributed by atoms with E-state index in [2.05, 4.69) is 26.6 Å². The van der Waals surface area contributed by atoms with Crippen LogP contribution in [-0.4, -0.2) is 19.1 Å². The lowest BCUT2D eigenvalue weighted by Gasteiger charge is -2.12. The molecule has 0 spiro atoms. The van der Waals surface area contributed by atoms with E-state index < -0.39 is 11.7 Å².